The summed E-state index contributed by atoms with van der Waals surface area (Å²) < 4.78 is 11.9. The highest BCUT2D eigenvalue weighted by molar-refractivity contribution is 5.06. The number of methoxy groups -OCH3 is 1. The van der Waals surface area contributed by atoms with Crippen molar-refractivity contribution in [3.8, 4) is 0 Å². The minimum atomic E-state index is 0.435. The summed E-state index contributed by atoms with van der Waals surface area (Å²) in [5.41, 5.74) is 7.18. The van der Waals surface area contributed by atoms with E-state index < -0.39 is 0 Å². The minimum Gasteiger partial charge on any atom is -0.377 e. The van der Waals surface area contributed by atoms with E-state index in [1.807, 2.05) is 16.8 Å². The fourth-order valence-electron chi connectivity index (χ4n) is 1.43. The Hall–Kier alpha value is -1.66. The van der Waals surface area contributed by atoms with Gasteiger partial charge in [0, 0.05) is 25.9 Å². The van der Waals surface area contributed by atoms with Crippen molar-refractivity contribution in [3.05, 3.63) is 35.7 Å². The maximum absolute atomic E-state index is 5.47. The van der Waals surface area contributed by atoms with Crippen LogP contribution in [-0.4, -0.2) is 21.8 Å². The van der Waals surface area contributed by atoms with E-state index in [0.29, 0.717) is 19.7 Å². The third-order valence-corrected chi connectivity index (χ3v) is 2.13. The molecule has 0 bridgehead atoms. The van der Waals surface area contributed by atoms with Gasteiger partial charge in [-0.05, 0) is 0 Å². The predicted molar refractivity (Wildman–Crippen MR) is 56.4 cm³/mol. The first-order valence-corrected chi connectivity index (χ1v) is 4.96. The van der Waals surface area contributed by atoms with Gasteiger partial charge < -0.3 is 19.6 Å². The lowest BCUT2D eigenvalue weighted by Gasteiger charge is -1.95. The summed E-state index contributed by atoms with van der Waals surface area (Å²) in [6.07, 6.45) is 3.62. The van der Waals surface area contributed by atoms with Crippen LogP contribution in [0, 0.1) is 0 Å². The number of nitrogens with two attached hydrogens (primary N) is 1. The van der Waals surface area contributed by atoms with Crippen molar-refractivity contribution in [2.45, 2.75) is 19.7 Å². The lowest BCUT2D eigenvalue weighted by Crippen LogP contribution is -1.98. The second-order valence-electron chi connectivity index (χ2n) is 3.46. The summed E-state index contributed by atoms with van der Waals surface area (Å²) in [7, 11) is 1.62. The van der Waals surface area contributed by atoms with E-state index in [1.54, 1.807) is 13.4 Å². The fraction of sp³-hybridized carbons (Fsp3) is 0.400. The maximum Gasteiger partial charge on any atom is 0.162 e. The normalized spacial score (nSPS) is 10.9. The Labute approximate surface area is 93.0 Å². The molecule has 2 N–H and O–H groups in total. The van der Waals surface area contributed by atoms with Gasteiger partial charge in [-0.15, -0.1) is 0 Å². The van der Waals surface area contributed by atoms with Gasteiger partial charge in [0.05, 0.1) is 18.6 Å². The van der Waals surface area contributed by atoms with Crippen molar-refractivity contribution in [1.29, 1.82) is 0 Å². The topological polar surface area (TPSA) is 79.1 Å². The van der Waals surface area contributed by atoms with Gasteiger partial charge in [-0.3, -0.25) is 0 Å². The molecule has 2 aromatic rings. The van der Waals surface area contributed by atoms with Gasteiger partial charge in [0.1, 0.15) is 12.3 Å². The molecule has 2 aromatic heterocycles. The second kappa shape index (κ2) is 4.91. The first kappa shape index (κ1) is 10.8. The van der Waals surface area contributed by atoms with Crippen LogP contribution in [0.5, 0.6) is 0 Å². The molecule has 0 aliphatic rings. The minimum absolute atomic E-state index is 0.435. The predicted octanol–water partition coefficient (Wildman–Crippen LogP) is 0.524. The molecule has 0 atom stereocenters. The highest BCUT2D eigenvalue weighted by atomic mass is 16.5. The van der Waals surface area contributed by atoms with Crippen LogP contribution >= 0.6 is 0 Å². The Morgan fingerprint density at radius 3 is 3.06 bits per heavy atom. The van der Waals surface area contributed by atoms with Gasteiger partial charge in [0.2, 0.25) is 0 Å². The smallest absolute Gasteiger partial charge is 0.162 e. The molecule has 6 nitrogen and oxygen atoms in total. The number of rotatable bonds is 5. The van der Waals surface area contributed by atoms with Crippen LogP contribution in [0.3, 0.4) is 0 Å². The van der Waals surface area contributed by atoms with Gasteiger partial charge in [-0.2, -0.15) is 0 Å². The zero-order chi connectivity index (χ0) is 11.4. The lowest BCUT2D eigenvalue weighted by atomic mass is 10.3. The maximum atomic E-state index is 5.47. The third-order valence-electron chi connectivity index (χ3n) is 2.13. The summed E-state index contributed by atoms with van der Waals surface area (Å²) in [5.74, 6) is 0.719. The molecule has 0 aliphatic heterocycles. The van der Waals surface area contributed by atoms with Crippen LogP contribution in [0.2, 0.25) is 0 Å². The Balaban J connectivity index is 2.02. The van der Waals surface area contributed by atoms with E-state index >= 15 is 0 Å². The molecule has 0 amide bonds. The molecule has 0 saturated heterocycles. The summed E-state index contributed by atoms with van der Waals surface area (Å²) >= 11 is 0. The molecule has 2 rings (SSSR count). The summed E-state index contributed by atoms with van der Waals surface area (Å²) in [4.78, 5) is 4.13. The molecule has 0 radical (unpaired) electrons. The van der Waals surface area contributed by atoms with Crippen LogP contribution in [0.25, 0.3) is 0 Å². The molecule has 0 saturated carbocycles. The molecule has 0 unspecified atom stereocenters. The Kier molecular flexibility index (Phi) is 3.33. The van der Waals surface area contributed by atoms with E-state index in [-0.39, 0.29) is 0 Å². The molecule has 86 valence electrons. The van der Waals surface area contributed by atoms with Gasteiger partial charge in [-0.1, -0.05) is 5.16 Å². The SMILES string of the molecule is COCc1cc(Cn2cnc(CN)c2)no1. The lowest BCUT2D eigenvalue weighted by molar-refractivity contribution is 0.155. The molecule has 16 heavy (non-hydrogen) atoms. The van der Waals surface area contributed by atoms with Crippen molar-refractivity contribution in [2.75, 3.05) is 7.11 Å². The summed E-state index contributed by atoms with van der Waals surface area (Å²) in [5, 5.41) is 3.93. The Morgan fingerprint density at radius 1 is 1.50 bits per heavy atom. The zero-order valence-electron chi connectivity index (χ0n) is 9.09. The number of aromatic nitrogens is 3. The standard InChI is InChI=1S/C10H14N4O2/c1-15-6-10-2-8(13-16-10)4-14-5-9(3-11)12-7-14/h2,5,7H,3-4,6,11H2,1H3. The number of hydrogen-bond acceptors (Lipinski definition) is 5. The largest absolute Gasteiger partial charge is 0.377 e. The highest BCUT2D eigenvalue weighted by Crippen LogP contribution is 2.07. The van der Waals surface area contributed by atoms with Gasteiger partial charge in [-0.25, -0.2) is 4.98 Å². The van der Waals surface area contributed by atoms with Crippen LogP contribution in [0.4, 0.5) is 0 Å². The van der Waals surface area contributed by atoms with E-state index in [4.69, 9.17) is 15.0 Å². The molecule has 0 fully saturated rings. The molecular formula is C10H14N4O2. The second-order valence-corrected chi connectivity index (χ2v) is 3.46. The number of hydrogen-bond donors (Lipinski definition) is 1. The Bertz CT molecular complexity index is 449. The van der Waals surface area contributed by atoms with Gasteiger partial charge in [0.15, 0.2) is 5.76 Å². The fourth-order valence-corrected chi connectivity index (χ4v) is 1.43. The zero-order valence-corrected chi connectivity index (χ0v) is 9.09. The molecule has 0 aromatic carbocycles. The average Bonchev–Trinajstić information content (AvgIpc) is 2.89. The first-order valence-electron chi connectivity index (χ1n) is 4.96. The van der Waals surface area contributed by atoms with Crippen molar-refractivity contribution in [3.63, 3.8) is 0 Å². The van der Waals surface area contributed by atoms with Crippen molar-refractivity contribution >= 4 is 0 Å². The van der Waals surface area contributed by atoms with Crippen LogP contribution in [0.1, 0.15) is 17.1 Å². The van der Waals surface area contributed by atoms with E-state index in [0.717, 1.165) is 17.1 Å². The highest BCUT2D eigenvalue weighted by Gasteiger charge is 2.05. The quantitative estimate of drug-likeness (QED) is 0.798. The van der Waals surface area contributed by atoms with Crippen molar-refractivity contribution in [1.82, 2.24) is 14.7 Å². The molecule has 6 heteroatoms. The van der Waals surface area contributed by atoms with Crippen LogP contribution < -0.4 is 5.73 Å². The van der Waals surface area contributed by atoms with Crippen LogP contribution in [0.15, 0.2) is 23.1 Å². The monoisotopic (exact) mass is 222 g/mol. The number of imidazole rings is 1. The van der Waals surface area contributed by atoms with Gasteiger partial charge in [0.25, 0.3) is 0 Å². The molecule has 2 heterocycles. The van der Waals surface area contributed by atoms with E-state index in [1.165, 1.54) is 0 Å². The number of ether oxygens (including phenoxy) is 1. The van der Waals surface area contributed by atoms with Crippen molar-refractivity contribution < 1.29 is 9.26 Å². The first-order chi connectivity index (χ1) is 7.81. The van der Waals surface area contributed by atoms with Crippen LogP contribution in [-0.2, 0) is 24.4 Å². The molecule has 0 aliphatic carbocycles. The van der Waals surface area contributed by atoms with Gasteiger partial charge >= 0.3 is 0 Å². The van der Waals surface area contributed by atoms with E-state index in [2.05, 4.69) is 10.1 Å². The third kappa shape index (κ3) is 2.47. The number of nitrogens with zero attached hydrogens (tertiary/aromatic N) is 3. The summed E-state index contributed by atoms with van der Waals surface area (Å²) in [6, 6.07) is 1.87. The van der Waals surface area contributed by atoms with Crippen molar-refractivity contribution in [2.24, 2.45) is 5.73 Å². The Morgan fingerprint density at radius 2 is 2.38 bits per heavy atom. The molecular weight excluding hydrogens is 208 g/mol. The average molecular weight is 222 g/mol. The van der Waals surface area contributed by atoms with E-state index in [9.17, 15) is 0 Å². The summed E-state index contributed by atoms with van der Waals surface area (Å²) in [6.45, 7) is 1.51. The molecule has 0 spiro atoms.